The number of hydrogen-bond acceptors (Lipinski definition) is 3. The van der Waals surface area contributed by atoms with Gasteiger partial charge in [-0.25, -0.2) is 8.42 Å². The van der Waals surface area contributed by atoms with E-state index in [-0.39, 0.29) is 5.75 Å². The summed E-state index contributed by atoms with van der Waals surface area (Å²) in [5.41, 5.74) is 0. The third-order valence-corrected chi connectivity index (χ3v) is 3.81. The summed E-state index contributed by atoms with van der Waals surface area (Å²) in [6.07, 6.45) is 2.21. The molecule has 0 spiro atoms. The topological polar surface area (TPSA) is 57.9 Å². The van der Waals surface area contributed by atoms with Gasteiger partial charge in [-0.05, 0) is 6.42 Å². The SMILES string of the molecule is CCCCC(C#N)S(=O)(=O)CC. The first-order chi connectivity index (χ1) is 5.58. The van der Waals surface area contributed by atoms with E-state index < -0.39 is 15.1 Å². The highest BCUT2D eigenvalue weighted by molar-refractivity contribution is 7.92. The average Bonchev–Trinajstić information content (AvgIpc) is 2.05. The van der Waals surface area contributed by atoms with Crippen LogP contribution >= 0.6 is 0 Å². The highest BCUT2D eigenvalue weighted by Gasteiger charge is 2.21. The van der Waals surface area contributed by atoms with E-state index in [1.807, 2.05) is 13.0 Å². The lowest BCUT2D eigenvalue weighted by molar-refractivity contribution is 0.582. The third kappa shape index (κ3) is 3.22. The van der Waals surface area contributed by atoms with Crippen molar-refractivity contribution in [1.82, 2.24) is 0 Å². The van der Waals surface area contributed by atoms with E-state index in [2.05, 4.69) is 0 Å². The number of sulfone groups is 1. The van der Waals surface area contributed by atoms with Gasteiger partial charge in [0.15, 0.2) is 9.84 Å². The largest absolute Gasteiger partial charge is 0.227 e. The van der Waals surface area contributed by atoms with Crippen molar-refractivity contribution < 1.29 is 8.42 Å². The van der Waals surface area contributed by atoms with Crippen molar-refractivity contribution in [3.63, 3.8) is 0 Å². The molecule has 70 valence electrons. The second kappa shape index (κ2) is 5.15. The Hall–Kier alpha value is -0.560. The van der Waals surface area contributed by atoms with Crippen LogP contribution in [0.5, 0.6) is 0 Å². The number of hydrogen-bond donors (Lipinski definition) is 0. The highest BCUT2D eigenvalue weighted by atomic mass is 32.2. The predicted octanol–water partition coefficient (Wildman–Crippen LogP) is 1.50. The smallest absolute Gasteiger partial charge is 0.166 e. The van der Waals surface area contributed by atoms with Gasteiger partial charge in [0, 0.05) is 5.75 Å². The van der Waals surface area contributed by atoms with Crippen molar-refractivity contribution in [2.75, 3.05) is 5.75 Å². The molecule has 4 heteroatoms. The third-order valence-electron chi connectivity index (χ3n) is 1.80. The zero-order valence-electron chi connectivity index (χ0n) is 7.58. The number of rotatable bonds is 5. The maximum absolute atomic E-state index is 11.2. The minimum absolute atomic E-state index is 0.0644. The van der Waals surface area contributed by atoms with Gasteiger partial charge >= 0.3 is 0 Å². The van der Waals surface area contributed by atoms with Gasteiger partial charge in [-0.15, -0.1) is 0 Å². The van der Waals surface area contributed by atoms with Gasteiger partial charge in [-0.1, -0.05) is 26.7 Å². The van der Waals surface area contributed by atoms with Crippen LogP contribution in [0, 0.1) is 11.3 Å². The highest BCUT2D eigenvalue weighted by Crippen LogP contribution is 2.09. The zero-order valence-corrected chi connectivity index (χ0v) is 8.39. The Morgan fingerprint density at radius 3 is 2.33 bits per heavy atom. The van der Waals surface area contributed by atoms with Gasteiger partial charge in [0.05, 0.1) is 6.07 Å². The zero-order chi connectivity index (χ0) is 9.61. The molecule has 0 radical (unpaired) electrons. The molecule has 0 aliphatic heterocycles. The van der Waals surface area contributed by atoms with Gasteiger partial charge in [-0.3, -0.25) is 0 Å². The Bertz CT molecular complexity index is 251. The lowest BCUT2D eigenvalue weighted by Gasteiger charge is -2.06. The predicted molar refractivity (Wildman–Crippen MR) is 48.4 cm³/mol. The van der Waals surface area contributed by atoms with Crippen LogP contribution in [0.2, 0.25) is 0 Å². The van der Waals surface area contributed by atoms with Crippen LogP contribution in [0.15, 0.2) is 0 Å². The van der Waals surface area contributed by atoms with Gasteiger partial charge in [0.1, 0.15) is 5.25 Å². The van der Waals surface area contributed by atoms with E-state index in [1.165, 1.54) is 0 Å². The van der Waals surface area contributed by atoms with E-state index in [1.54, 1.807) is 6.92 Å². The van der Waals surface area contributed by atoms with Crippen LogP contribution in [0.3, 0.4) is 0 Å². The molecule has 0 bridgehead atoms. The monoisotopic (exact) mass is 189 g/mol. The molecule has 0 aliphatic rings. The van der Waals surface area contributed by atoms with Crippen LogP contribution in [0.25, 0.3) is 0 Å². The Labute approximate surface area is 74.3 Å². The van der Waals surface area contributed by atoms with Gasteiger partial charge in [0.2, 0.25) is 0 Å². The Morgan fingerprint density at radius 1 is 1.42 bits per heavy atom. The molecule has 0 aromatic rings. The fourth-order valence-electron chi connectivity index (χ4n) is 0.915. The fraction of sp³-hybridized carbons (Fsp3) is 0.875. The first-order valence-electron chi connectivity index (χ1n) is 4.19. The average molecular weight is 189 g/mol. The summed E-state index contributed by atoms with van der Waals surface area (Å²) >= 11 is 0. The molecule has 3 nitrogen and oxygen atoms in total. The molecule has 0 aliphatic carbocycles. The Morgan fingerprint density at radius 2 is 2.00 bits per heavy atom. The summed E-state index contributed by atoms with van der Waals surface area (Å²) in [5, 5.41) is 7.80. The van der Waals surface area contributed by atoms with Crippen LogP contribution in [0.4, 0.5) is 0 Å². The molecular weight excluding hydrogens is 174 g/mol. The molecule has 1 atom stereocenters. The molecule has 0 aromatic carbocycles. The lowest BCUT2D eigenvalue weighted by atomic mass is 10.2. The molecule has 0 amide bonds. The van der Waals surface area contributed by atoms with Crippen LogP contribution in [0.1, 0.15) is 33.1 Å². The first kappa shape index (κ1) is 11.4. The molecular formula is C8H15NO2S. The lowest BCUT2D eigenvalue weighted by Crippen LogP contribution is -2.21. The maximum atomic E-state index is 11.2. The molecule has 0 rings (SSSR count). The summed E-state index contributed by atoms with van der Waals surface area (Å²) in [6.45, 7) is 3.55. The van der Waals surface area contributed by atoms with Crippen molar-refractivity contribution in [3.05, 3.63) is 0 Å². The summed E-state index contributed by atoms with van der Waals surface area (Å²) in [5.74, 6) is 0.0644. The minimum Gasteiger partial charge on any atom is -0.227 e. The number of nitriles is 1. The van der Waals surface area contributed by atoms with Crippen LogP contribution in [-0.4, -0.2) is 19.4 Å². The standard InChI is InChI=1S/C8H15NO2S/c1-3-5-6-8(7-9)12(10,11)4-2/h8H,3-6H2,1-2H3. The summed E-state index contributed by atoms with van der Waals surface area (Å²) in [6, 6.07) is 1.84. The molecule has 1 unspecified atom stereocenters. The van der Waals surface area contributed by atoms with Crippen LogP contribution in [-0.2, 0) is 9.84 Å². The van der Waals surface area contributed by atoms with Crippen molar-refractivity contribution in [2.45, 2.75) is 38.4 Å². The van der Waals surface area contributed by atoms with Crippen LogP contribution < -0.4 is 0 Å². The summed E-state index contributed by atoms with van der Waals surface area (Å²) < 4.78 is 22.4. The van der Waals surface area contributed by atoms with Crippen molar-refractivity contribution >= 4 is 9.84 Å². The first-order valence-corrected chi connectivity index (χ1v) is 5.91. The van der Waals surface area contributed by atoms with Crippen molar-refractivity contribution in [2.24, 2.45) is 0 Å². The Kier molecular flexibility index (Phi) is 4.91. The minimum atomic E-state index is -3.14. The van der Waals surface area contributed by atoms with E-state index in [0.29, 0.717) is 6.42 Å². The van der Waals surface area contributed by atoms with Gasteiger partial charge < -0.3 is 0 Å². The summed E-state index contributed by atoms with van der Waals surface area (Å²) in [7, 11) is -3.14. The summed E-state index contributed by atoms with van der Waals surface area (Å²) in [4.78, 5) is 0. The quantitative estimate of drug-likeness (QED) is 0.658. The molecule has 0 heterocycles. The maximum Gasteiger partial charge on any atom is 0.166 e. The van der Waals surface area contributed by atoms with Gasteiger partial charge in [0.25, 0.3) is 0 Å². The second-order valence-electron chi connectivity index (χ2n) is 2.71. The molecule has 12 heavy (non-hydrogen) atoms. The fourth-order valence-corrected chi connectivity index (χ4v) is 2.00. The van der Waals surface area contributed by atoms with Crippen molar-refractivity contribution in [1.29, 1.82) is 5.26 Å². The van der Waals surface area contributed by atoms with Crippen molar-refractivity contribution in [3.8, 4) is 6.07 Å². The molecule has 0 saturated carbocycles. The molecule has 0 saturated heterocycles. The second-order valence-corrected chi connectivity index (χ2v) is 5.18. The number of nitrogens with zero attached hydrogens (tertiary/aromatic N) is 1. The van der Waals surface area contributed by atoms with E-state index in [9.17, 15) is 8.42 Å². The number of unbranched alkanes of at least 4 members (excludes halogenated alkanes) is 1. The van der Waals surface area contributed by atoms with E-state index in [4.69, 9.17) is 5.26 Å². The van der Waals surface area contributed by atoms with Gasteiger partial charge in [-0.2, -0.15) is 5.26 Å². The van der Waals surface area contributed by atoms with E-state index >= 15 is 0 Å². The van der Waals surface area contributed by atoms with E-state index in [0.717, 1.165) is 12.8 Å². The Balaban J connectivity index is 4.28. The molecule has 0 fully saturated rings. The normalized spacial score (nSPS) is 13.8. The molecule has 0 aromatic heterocycles. The molecule has 0 N–H and O–H groups in total.